The molecule has 0 fully saturated rings. The van der Waals surface area contributed by atoms with E-state index in [0.29, 0.717) is 11.8 Å². The van der Waals surface area contributed by atoms with Crippen LogP contribution in [0.25, 0.3) is 0 Å². The van der Waals surface area contributed by atoms with E-state index in [1.807, 2.05) is 6.92 Å². The summed E-state index contributed by atoms with van der Waals surface area (Å²) in [5, 5.41) is 0.570. The van der Waals surface area contributed by atoms with Gasteiger partial charge in [-0.2, -0.15) is 0 Å². The van der Waals surface area contributed by atoms with Crippen LogP contribution in [0.5, 0.6) is 0 Å². The van der Waals surface area contributed by atoms with Gasteiger partial charge in [-0.1, -0.05) is 28.9 Å². The van der Waals surface area contributed by atoms with E-state index in [1.165, 1.54) is 6.07 Å². The summed E-state index contributed by atoms with van der Waals surface area (Å²) in [6, 6.07) is 4.80. The van der Waals surface area contributed by atoms with E-state index in [2.05, 4.69) is 15.9 Å². The Morgan fingerprint density at radius 3 is 2.71 bits per heavy atom. The molecule has 1 nitrogen and oxygen atoms in total. The first kappa shape index (κ1) is 11.4. The van der Waals surface area contributed by atoms with Crippen molar-refractivity contribution in [3.05, 3.63) is 35.1 Å². The lowest BCUT2D eigenvalue weighted by atomic mass is 10.0. The van der Waals surface area contributed by atoms with Crippen LogP contribution in [-0.2, 0) is 6.42 Å². The molecular formula is C11H12BrFO. The molecule has 1 aromatic rings. The number of aryl methyl sites for hydroxylation is 1. The molecule has 0 saturated heterocycles. The lowest BCUT2D eigenvalue weighted by molar-refractivity contribution is 0.0986. The van der Waals surface area contributed by atoms with Gasteiger partial charge in [-0.05, 0) is 24.1 Å². The number of hydrogen-bond acceptors (Lipinski definition) is 1. The largest absolute Gasteiger partial charge is 0.294 e. The SMILES string of the molecule is CCc1ccc(C(=O)CCBr)c(F)c1. The van der Waals surface area contributed by atoms with Crippen LogP contribution in [0.2, 0.25) is 0 Å². The van der Waals surface area contributed by atoms with Crippen molar-refractivity contribution in [2.24, 2.45) is 0 Å². The summed E-state index contributed by atoms with van der Waals surface area (Å²) in [6.45, 7) is 1.95. The molecule has 76 valence electrons. The number of halogens is 2. The molecule has 0 N–H and O–H groups in total. The van der Waals surface area contributed by atoms with Crippen LogP contribution >= 0.6 is 15.9 Å². The molecule has 1 rings (SSSR count). The highest BCUT2D eigenvalue weighted by molar-refractivity contribution is 9.09. The molecule has 1 aromatic carbocycles. The van der Waals surface area contributed by atoms with Gasteiger partial charge >= 0.3 is 0 Å². The van der Waals surface area contributed by atoms with E-state index < -0.39 is 5.82 Å². The number of carbonyl (C=O) groups is 1. The second-order valence-electron chi connectivity index (χ2n) is 3.03. The summed E-state index contributed by atoms with van der Waals surface area (Å²) < 4.78 is 13.4. The Bertz CT molecular complexity index is 336. The van der Waals surface area contributed by atoms with Crippen LogP contribution in [0.15, 0.2) is 18.2 Å². The molecule has 0 unspecified atom stereocenters. The first-order chi connectivity index (χ1) is 6.69. The maximum absolute atomic E-state index is 13.4. The van der Waals surface area contributed by atoms with Crippen LogP contribution in [-0.4, -0.2) is 11.1 Å². The Hall–Kier alpha value is -0.700. The van der Waals surface area contributed by atoms with Gasteiger partial charge < -0.3 is 0 Å². The van der Waals surface area contributed by atoms with Crippen molar-refractivity contribution in [2.75, 3.05) is 5.33 Å². The molecule has 0 bridgehead atoms. The van der Waals surface area contributed by atoms with Crippen LogP contribution in [0.3, 0.4) is 0 Å². The highest BCUT2D eigenvalue weighted by Gasteiger charge is 2.10. The zero-order valence-corrected chi connectivity index (χ0v) is 9.60. The number of Topliss-reactive ketones (excluding diaryl/α,β-unsaturated/α-hetero) is 1. The lowest BCUT2D eigenvalue weighted by Gasteiger charge is -2.02. The fraction of sp³-hybridized carbons (Fsp3) is 0.364. The quantitative estimate of drug-likeness (QED) is 0.598. The molecule has 0 saturated carbocycles. The maximum Gasteiger partial charge on any atom is 0.166 e. The number of rotatable bonds is 4. The van der Waals surface area contributed by atoms with E-state index in [1.54, 1.807) is 12.1 Å². The molecule has 0 atom stereocenters. The van der Waals surface area contributed by atoms with Crippen LogP contribution in [0.1, 0.15) is 29.3 Å². The van der Waals surface area contributed by atoms with Gasteiger partial charge in [0.05, 0.1) is 5.56 Å². The van der Waals surface area contributed by atoms with E-state index in [0.717, 1.165) is 12.0 Å². The minimum absolute atomic E-state index is 0.151. The summed E-state index contributed by atoms with van der Waals surface area (Å²) in [7, 11) is 0. The molecule has 0 amide bonds. The minimum Gasteiger partial charge on any atom is -0.294 e. The number of ketones is 1. The smallest absolute Gasteiger partial charge is 0.166 e. The molecule has 0 radical (unpaired) electrons. The first-order valence-corrected chi connectivity index (χ1v) is 5.68. The van der Waals surface area contributed by atoms with Crippen LogP contribution in [0, 0.1) is 5.82 Å². The van der Waals surface area contributed by atoms with Gasteiger partial charge in [-0.3, -0.25) is 4.79 Å². The third-order valence-electron chi connectivity index (χ3n) is 2.06. The molecule has 0 spiro atoms. The topological polar surface area (TPSA) is 17.1 Å². The van der Waals surface area contributed by atoms with Crippen molar-refractivity contribution in [2.45, 2.75) is 19.8 Å². The lowest BCUT2D eigenvalue weighted by Crippen LogP contribution is -2.03. The van der Waals surface area contributed by atoms with Crippen LogP contribution < -0.4 is 0 Å². The Morgan fingerprint density at radius 1 is 1.50 bits per heavy atom. The summed E-state index contributed by atoms with van der Waals surface area (Å²) >= 11 is 3.16. The summed E-state index contributed by atoms with van der Waals surface area (Å²) in [5.41, 5.74) is 1.11. The molecule has 0 aromatic heterocycles. The summed E-state index contributed by atoms with van der Waals surface area (Å²) in [6.07, 6.45) is 1.12. The first-order valence-electron chi connectivity index (χ1n) is 4.56. The molecule has 0 aliphatic carbocycles. The molecule has 3 heteroatoms. The molecule has 14 heavy (non-hydrogen) atoms. The van der Waals surface area contributed by atoms with Gasteiger partial charge in [0.25, 0.3) is 0 Å². The van der Waals surface area contributed by atoms with Gasteiger partial charge in [0.1, 0.15) is 5.82 Å². The molecule has 0 aliphatic heterocycles. The number of carbonyl (C=O) groups excluding carboxylic acids is 1. The van der Waals surface area contributed by atoms with Gasteiger partial charge in [0, 0.05) is 11.8 Å². The second kappa shape index (κ2) is 5.25. The standard InChI is InChI=1S/C11H12BrFO/c1-2-8-3-4-9(10(13)7-8)11(14)5-6-12/h3-4,7H,2,5-6H2,1H3. The predicted octanol–water partition coefficient (Wildman–Crippen LogP) is 3.36. The van der Waals surface area contributed by atoms with Gasteiger partial charge in [-0.25, -0.2) is 4.39 Å². The third kappa shape index (κ3) is 2.64. The fourth-order valence-electron chi connectivity index (χ4n) is 1.23. The van der Waals surface area contributed by atoms with Crippen molar-refractivity contribution in [1.82, 2.24) is 0 Å². The number of benzene rings is 1. The highest BCUT2D eigenvalue weighted by atomic mass is 79.9. The average Bonchev–Trinajstić information content (AvgIpc) is 2.17. The summed E-state index contributed by atoms with van der Waals surface area (Å²) in [4.78, 5) is 11.4. The van der Waals surface area contributed by atoms with E-state index in [-0.39, 0.29) is 11.3 Å². The van der Waals surface area contributed by atoms with Gasteiger partial charge in [-0.15, -0.1) is 0 Å². The molecule has 0 aliphatic rings. The van der Waals surface area contributed by atoms with Gasteiger partial charge in [0.15, 0.2) is 5.78 Å². The van der Waals surface area contributed by atoms with E-state index in [9.17, 15) is 9.18 Å². The van der Waals surface area contributed by atoms with Crippen molar-refractivity contribution in [3.8, 4) is 0 Å². The highest BCUT2D eigenvalue weighted by Crippen LogP contribution is 2.13. The molecule has 0 heterocycles. The van der Waals surface area contributed by atoms with Crippen molar-refractivity contribution in [1.29, 1.82) is 0 Å². The van der Waals surface area contributed by atoms with Crippen molar-refractivity contribution in [3.63, 3.8) is 0 Å². The predicted molar refractivity (Wildman–Crippen MR) is 58.5 cm³/mol. The van der Waals surface area contributed by atoms with Crippen molar-refractivity contribution < 1.29 is 9.18 Å². The monoisotopic (exact) mass is 258 g/mol. The zero-order chi connectivity index (χ0) is 10.6. The second-order valence-corrected chi connectivity index (χ2v) is 3.82. The Kier molecular flexibility index (Phi) is 4.26. The fourth-order valence-corrected chi connectivity index (χ4v) is 1.59. The Balaban J connectivity index is 2.94. The normalized spacial score (nSPS) is 10.2. The Labute approximate surface area is 91.5 Å². The number of hydrogen-bond donors (Lipinski definition) is 0. The zero-order valence-electron chi connectivity index (χ0n) is 8.02. The maximum atomic E-state index is 13.4. The minimum atomic E-state index is -0.407. The van der Waals surface area contributed by atoms with Gasteiger partial charge in [0.2, 0.25) is 0 Å². The Morgan fingerprint density at radius 2 is 2.21 bits per heavy atom. The third-order valence-corrected chi connectivity index (χ3v) is 2.46. The molecular weight excluding hydrogens is 247 g/mol. The van der Waals surface area contributed by atoms with Crippen molar-refractivity contribution >= 4 is 21.7 Å². The average molecular weight is 259 g/mol. The van der Waals surface area contributed by atoms with E-state index in [4.69, 9.17) is 0 Å². The van der Waals surface area contributed by atoms with E-state index >= 15 is 0 Å². The van der Waals surface area contributed by atoms with Crippen LogP contribution in [0.4, 0.5) is 4.39 Å². The summed E-state index contributed by atoms with van der Waals surface area (Å²) in [5.74, 6) is -0.558. The number of alkyl halides is 1.